The number of nitrogens with zero attached hydrogens (tertiary/aromatic N) is 3. The van der Waals surface area contributed by atoms with Crippen LogP contribution in [0, 0.1) is 3.57 Å². The highest BCUT2D eigenvalue weighted by molar-refractivity contribution is 14.1. The van der Waals surface area contributed by atoms with Crippen LogP contribution in [0.2, 0.25) is 0 Å². The molecule has 2 aromatic heterocycles. The Labute approximate surface area is 131 Å². The maximum absolute atomic E-state index is 5.73. The van der Waals surface area contributed by atoms with Crippen molar-refractivity contribution in [2.75, 3.05) is 12.8 Å². The van der Waals surface area contributed by atoms with Gasteiger partial charge in [0.25, 0.3) is 0 Å². The molecule has 20 heavy (non-hydrogen) atoms. The highest BCUT2D eigenvalue weighted by atomic mass is 127. The summed E-state index contributed by atoms with van der Waals surface area (Å²) in [4.78, 5) is 8.50. The zero-order chi connectivity index (χ0) is 14.1. The summed E-state index contributed by atoms with van der Waals surface area (Å²) < 4.78 is 8.54. The molecule has 0 radical (unpaired) electrons. The van der Waals surface area contributed by atoms with Crippen LogP contribution >= 0.6 is 22.6 Å². The largest absolute Gasteiger partial charge is 0.504 e. The monoisotopic (exact) mass is 384 g/mol. The summed E-state index contributed by atoms with van der Waals surface area (Å²) >= 11 is 2.33. The molecule has 0 aromatic carbocycles. The molecule has 1 saturated carbocycles. The number of hydrogen-bond donors (Lipinski definition) is 1. The smallest absolute Gasteiger partial charge is 0.221 e. The Bertz CT molecular complexity index is 654. The summed E-state index contributed by atoms with van der Waals surface area (Å²) in [6.07, 6.45) is 10.2. The van der Waals surface area contributed by atoms with Gasteiger partial charge in [0.15, 0.2) is 0 Å². The van der Waals surface area contributed by atoms with Crippen LogP contribution < -0.4 is 5.73 Å². The maximum Gasteiger partial charge on any atom is 0.221 e. The molecule has 5 nitrogen and oxygen atoms in total. The Morgan fingerprint density at radius 3 is 2.90 bits per heavy atom. The topological polar surface area (TPSA) is 66.0 Å². The average molecular weight is 384 g/mol. The summed E-state index contributed by atoms with van der Waals surface area (Å²) in [7, 11) is 1.71. The number of methoxy groups -OCH3 is 1. The van der Waals surface area contributed by atoms with Crippen molar-refractivity contribution in [3.63, 3.8) is 0 Å². The molecule has 3 rings (SSSR count). The lowest BCUT2D eigenvalue weighted by atomic mass is 9.91. The fraction of sp³-hybridized carbons (Fsp3) is 0.429. The van der Waals surface area contributed by atoms with Crippen LogP contribution in [0.3, 0.4) is 0 Å². The van der Waals surface area contributed by atoms with E-state index in [1.165, 1.54) is 9.14 Å². The van der Waals surface area contributed by atoms with E-state index in [1.807, 2.05) is 12.5 Å². The number of aromatic nitrogens is 3. The molecule has 2 heterocycles. The van der Waals surface area contributed by atoms with Crippen molar-refractivity contribution in [3.05, 3.63) is 27.8 Å². The third-order valence-electron chi connectivity index (χ3n) is 3.82. The quantitative estimate of drug-likeness (QED) is 0.638. The summed E-state index contributed by atoms with van der Waals surface area (Å²) in [6, 6.07) is 0.476. The lowest BCUT2D eigenvalue weighted by Gasteiger charge is -2.25. The first-order chi connectivity index (χ1) is 9.69. The average Bonchev–Trinajstić information content (AvgIpc) is 2.77. The van der Waals surface area contributed by atoms with Crippen molar-refractivity contribution in [2.45, 2.75) is 31.7 Å². The van der Waals surface area contributed by atoms with Crippen LogP contribution in [0.5, 0.6) is 0 Å². The molecule has 1 fully saturated rings. The Morgan fingerprint density at radius 2 is 2.20 bits per heavy atom. The van der Waals surface area contributed by atoms with Gasteiger partial charge in [0, 0.05) is 22.0 Å². The standard InChI is InChI=1S/C14H17IN4O/c1-20-8-9-2-4-10(5-3-9)19-7-12(15)11-6-17-14(16)18-13(11)19/h6-8,10H,2-5H2,1H3,(H2,16,17,18). The van der Waals surface area contributed by atoms with Gasteiger partial charge in [0.2, 0.25) is 5.95 Å². The van der Waals surface area contributed by atoms with Crippen molar-refractivity contribution in [3.8, 4) is 0 Å². The highest BCUT2D eigenvalue weighted by Gasteiger charge is 2.21. The van der Waals surface area contributed by atoms with Gasteiger partial charge in [-0.1, -0.05) is 0 Å². The second-order valence-corrected chi connectivity index (χ2v) is 6.25. The van der Waals surface area contributed by atoms with E-state index in [2.05, 4.69) is 43.3 Å². The zero-order valence-electron chi connectivity index (χ0n) is 11.3. The van der Waals surface area contributed by atoms with E-state index < -0.39 is 0 Å². The first kappa shape index (κ1) is 13.7. The van der Waals surface area contributed by atoms with Crippen LogP contribution in [-0.2, 0) is 4.74 Å². The number of ether oxygens (including phenoxy) is 1. The minimum atomic E-state index is 0.337. The van der Waals surface area contributed by atoms with Gasteiger partial charge >= 0.3 is 0 Å². The van der Waals surface area contributed by atoms with Crippen molar-refractivity contribution in [1.29, 1.82) is 0 Å². The second kappa shape index (κ2) is 5.59. The van der Waals surface area contributed by atoms with Gasteiger partial charge in [-0.25, -0.2) is 4.98 Å². The predicted octanol–water partition coefficient (Wildman–Crippen LogP) is 3.26. The minimum Gasteiger partial charge on any atom is -0.504 e. The van der Waals surface area contributed by atoms with Crippen LogP contribution in [0.25, 0.3) is 11.0 Å². The van der Waals surface area contributed by atoms with Gasteiger partial charge in [-0.3, -0.25) is 0 Å². The molecule has 106 valence electrons. The van der Waals surface area contributed by atoms with E-state index in [1.54, 1.807) is 7.11 Å². The van der Waals surface area contributed by atoms with Crippen LogP contribution in [-0.4, -0.2) is 21.6 Å². The van der Waals surface area contributed by atoms with E-state index in [-0.39, 0.29) is 0 Å². The number of allylic oxidation sites excluding steroid dienone is 1. The number of hydrogen-bond acceptors (Lipinski definition) is 4. The van der Waals surface area contributed by atoms with Gasteiger partial charge in [0.1, 0.15) is 5.65 Å². The first-order valence-corrected chi connectivity index (χ1v) is 7.76. The van der Waals surface area contributed by atoms with Crippen LogP contribution in [0.15, 0.2) is 24.2 Å². The third kappa shape index (κ3) is 2.48. The molecule has 0 amide bonds. The van der Waals surface area contributed by atoms with E-state index in [0.29, 0.717) is 12.0 Å². The molecular weight excluding hydrogens is 367 g/mol. The molecule has 6 heteroatoms. The summed E-state index contributed by atoms with van der Waals surface area (Å²) in [5.74, 6) is 0.337. The van der Waals surface area contributed by atoms with Crippen molar-refractivity contribution in [1.82, 2.24) is 14.5 Å². The van der Waals surface area contributed by atoms with E-state index in [9.17, 15) is 0 Å². The molecule has 0 spiro atoms. The van der Waals surface area contributed by atoms with Gasteiger partial charge in [-0.05, 0) is 53.8 Å². The fourth-order valence-electron chi connectivity index (χ4n) is 2.82. The molecule has 0 atom stereocenters. The Balaban J connectivity index is 1.92. The molecule has 1 aliphatic rings. The number of fused-ring (bicyclic) bond motifs is 1. The molecular formula is C14H17IN4O. The predicted molar refractivity (Wildman–Crippen MR) is 87.3 cm³/mol. The molecule has 0 bridgehead atoms. The van der Waals surface area contributed by atoms with Crippen LogP contribution in [0.1, 0.15) is 31.7 Å². The van der Waals surface area contributed by atoms with Crippen molar-refractivity contribution < 1.29 is 4.74 Å². The minimum absolute atomic E-state index is 0.337. The third-order valence-corrected chi connectivity index (χ3v) is 4.68. The van der Waals surface area contributed by atoms with Gasteiger partial charge in [-0.2, -0.15) is 4.98 Å². The van der Waals surface area contributed by atoms with Gasteiger partial charge < -0.3 is 15.0 Å². The maximum atomic E-state index is 5.73. The first-order valence-electron chi connectivity index (χ1n) is 6.68. The Hall–Kier alpha value is -1.31. The lowest BCUT2D eigenvalue weighted by Crippen LogP contribution is -2.14. The van der Waals surface area contributed by atoms with Crippen LogP contribution in [0.4, 0.5) is 5.95 Å². The van der Waals surface area contributed by atoms with Gasteiger partial charge in [-0.15, -0.1) is 0 Å². The number of rotatable bonds is 2. The SMILES string of the molecule is COC=C1CCC(n2cc(I)c3cnc(N)nc32)CC1. The molecule has 0 aliphatic heterocycles. The molecule has 0 unspecified atom stereocenters. The van der Waals surface area contributed by atoms with E-state index >= 15 is 0 Å². The highest BCUT2D eigenvalue weighted by Crippen LogP contribution is 2.35. The Kier molecular flexibility index (Phi) is 3.82. The second-order valence-electron chi connectivity index (χ2n) is 5.09. The van der Waals surface area contributed by atoms with Crippen molar-refractivity contribution >= 4 is 39.6 Å². The lowest BCUT2D eigenvalue weighted by molar-refractivity contribution is 0.320. The normalized spacial score (nSPS) is 19.3. The fourth-order valence-corrected chi connectivity index (χ4v) is 3.50. The summed E-state index contributed by atoms with van der Waals surface area (Å²) in [6.45, 7) is 0. The molecule has 2 aromatic rings. The number of nitrogens with two attached hydrogens (primary N) is 1. The van der Waals surface area contributed by atoms with Crippen molar-refractivity contribution in [2.24, 2.45) is 0 Å². The number of halogens is 1. The van der Waals surface area contributed by atoms with E-state index in [0.717, 1.165) is 36.7 Å². The van der Waals surface area contributed by atoms with Gasteiger partial charge in [0.05, 0.1) is 18.8 Å². The summed E-state index contributed by atoms with van der Waals surface area (Å²) in [5.41, 5.74) is 8.07. The molecule has 2 N–H and O–H groups in total. The van der Waals surface area contributed by atoms with E-state index in [4.69, 9.17) is 10.5 Å². The molecule has 0 saturated heterocycles. The zero-order valence-corrected chi connectivity index (χ0v) is 13.5. The number of nitrogen functional groups attached to an aromatic ring is 1. The summed E-state index contributed by atoms with van der Waals surface area (Å²) in [5, 5.41) is 1.08. The Morgan fingerprint density at radius 1 is 1.45 bits per heavy atom. The molecule has 1 aliphatic carbocycles. The number of anilines is 1.